The summed E-state index contributed by atoms with van der Waals surface area (Å²) in [4.78, 5) is 38.0. The van der Waals surface area contributed by atoms with Crippen LogP contribution in [0.15, 0.2) is 30.3 Å². The molecule has 2 N–H and O–H groups in total. The summed E-state index contributed by atoms with van der Waals surface area (Å²) in [7, 11) is 0. The van der Waals surface area contributed by atoms with E-state index in [1.165, 1.54) is 0 Å². The van der Waals surface area contributed by atoms with Gasteiger partial charge in [-0.25, -0.2) is 4.79 Å². The van der Waals surface area contributed by atoms with Gasteiger partial charge in [0.2, 0.25) is 0 Å². The highest BCUT2D eigenvalue weighted by Crippen LogP contribution is 2.26. The van der Waals surface area contributed by atoms with E-state index in [-0.39, 0.29) is 17.7 Å². The van der Waals surface area contributed by atoms with Crippen LogP contribution in [0.3, 0.4) is 0 Å². The van der Waals surface area contributed by atoms with E-state index in [0.717, 1.165) is 18.4 Å². The molecule has 2 heterocycles. The molecule has 0 radical (unpaired) electrons. The topological polar surface area (TPSA) is 87.7 Å². The first-order chi connectivity index (χ1) is 12.1. The molecule has 1 aromatic rings. The van der Waals surface area contributed by atoms with Crippen LogP contribution < -0.4 is 10.6 Å². The highest BCUT2D eigenvalue weighted by molar-refractivity contribution is 6.04. The van der Waals surface area contributed by atoms with Crippen molar-refractivity contribution in [2.45, 2.75) is 31.9 Å². The molecule has 4 amide bonds. The Morgan fingerprint density at radius 3 is 2.72 bits per heavy atom. The largest absolute Gasteiger partial charge is 0.364 e. The Kier molecular flexibility index (Phi) is 5.33. The fourth-order valence-electron chi connectivity index (χ4n) is 3.52. The Labute approximate surface area is 146 Å². The van der Waals surface area contributed by atoms with Crippen LogP contribution >= 0.6 is 0 Å². The van der Waals surface area contributed by atoms with Crippen LogP contribution in [-0.2, 0) is 14.3 Å². The summed E-state index contributed by atoms with van der Waals surface area (Å²) in [5, 5.41) is 4.91. The van der Waals surface area contributed by atoms with Crippen molar-refractivity contribution in [1.82, 2.24) is 15.5 Å². The Bertz CT molecular complexity index is 649. The van der Waals surface area contributed by atoms with Gasteiger partial charge in [-0.1, -0.05) is 30.3 Å². The zero-order chi connectivity index (χ0) is 17.8. The van der Waals surface area contributed by atoms with Crippen molar-refractivity contribution in [3.8, 4) is 0 Å². The number of amides is 4. The second-order valence-electron chi connectivity index (χ2n) is 6.37. The maximum Gasteiger partial charge on any atom is 0.322 e. The minimum atomic E-state index is -0.642. The molecule has 0 unspecified atom stereocenters. The lowest BCUT2D eigenvalue weighted by Gasteiger charge is -2.36. The normalized spacial score (nSPS) is 24.6. The summed E-state index contributed by atoms with van der Waals surface area (Å²) in [6.45, 7) is 3.37. The summed E-state index contributed by atoms with van der Waals surface area (Å²) in [6, 6.07) is 8.39. The number of imide groups is 1. The third-order valence-corrected chi connectivity index (χ3v) is 4.71. The van der Waals surface area contributed by atoms with Gasteiger partial charge in [-0.2, -0.15) is 0 Å². The third kappa shape index (κ3) is 3.82. The van der Waals surface area contributed by atoms with Gasteiger partial charge < -0.3 is 15.0 Å². The molecule has 0 saturated carbocycles. The SMILES string of the molecule is CCO[C@H](C(=O)N1CCC[C@@H]([C@@H]2NC(=O)NC2=O)C1)c1ccccc1. The molecule has 7 heteroatoms. The van der Waals surface area contributed by atoms with Crippen molar-refractivity contribution in [1.29, 1.82) is 0 Å². The van der Waals surface area contributed by atoms with Gasteiger partial charge in [0.1, 0.15) is 6.04 Å². The maximum absolute atomic E-state index is 13.0. The number of piperidine rings is 1. The molecule has 2 aliphatic heterocycles. The second kappa shape index (κ2) is 7.65. The van der Waals surface area contributed by atoms with Crippen molar-refractivity contribution < 1.29 is 19.1 Å². The van der Waals surface area contributed by atoms with Crippen LogP contribution in [0, 0.1) is 5.92 Å². The molecule has 0 aliphatic carbocycles. The standard InChI is InChI=1S/C18H23N3O4/c1-2-25-15(12-7-4-3-5-8-12)17(23)21-10-6-9-13(11-21)14-16(22)20-18(24)19-14/h3-5,7-8,13-15H,2,6,9-11H2,1H3,(H2,19,20,22,24)/t13-,14+,15+/m1/s1. The minimum Gasteiger partial charge on any atom is -0.364 e. The Morgan fingerprint density at radius 1 is 1.32 bits per heavy atom. The number of ether oxygens (including phenoxy) is 1. The lowest BCUT2D eigenvalue weighted by molar-refractivity contribution is -0.146. The average Bonchev–Trinajstić information content (AvgIpc) is 2.98. The number of benzene rings is 1. The number of hydrogen-bond acceptors (Lipinski definition) is 4. The minimum absolute atomic E-state index is 0.0813. The summed E-state index contributed by atoms with van der Waals surface area (Å²) < 4.78 is 5.70. The highest BCUT2D eigenvalue weighted by Gasteiger charge is 2.40. The van der Waals surface area contributed by atoms with E-state index in [2.05, 4.69) is 10.6 Å². The Morgan fingerprint density at radius 2 is 2.08 bits per heavy atom. The molecule has 2 fully saturated rings. The fourth-order valence-corrected chi connectivity index (χ4v) is 3.52. The molecule has 3 atom stereocenters. The molecule has 2 aliphatic rings. The smallest absolute Gasteiger partial charge is 0.322 e. The molecule has 1 aromatic carbocycles. The monoisotopic (exact) mass is 345 g/mol. The summed E-state index contributed by atoms with van der Waals surface area (Å²) in [5.74, 6) is -0.488. The molecule has 3 rings (SSSR count). The molecule has 25 heavy (non-hydrogen) atoms. The van der Waals surface area contributed by atoms with E-state index < -0.39 is 18.2 Å². The first-order valence-corrected chi connectivity index (χ1v) is 8.67. The second-order valence-corrected chi connectivity index (χ2v) is 6.37. The zero-order valence-electron chi connectivity index (χ0n) is 14.2. The quantitative estimate of drug-likeness (QED) is 0.785. The van der Waals surface area contributed by atoms with Crippen LogP contribution in [0.5, 0.6) is 0 Å². The first kappa shape index (κ1) is 17.4. The van der Waals surface area contributed by atoms with E-state index in [4.69, 9.17) is 4.74 Å². The number of likely N-dealkylation sites (tertiary alicyclic amines) is 1. The number of nitrogens with zero attached hydrogens (tertiary/aromatic N) is 1. The van der Waals surface area contributed by atoms with Gasteiger partial charge in [-0.3, -0.25) is 14.9 Å². The molecular weight excluding hydrogens is 322 g/mol. The maximum atomic E-state index is 13.0. The van der Waals surface area contributed by atoms with Crippen molar-refractivity contribution in [2.24, 2.45) is 5.92 Å². The van der Waals surface area contributed by atoms with Gasteiger partial charge in [0, 0.05) is 25.6 Å². The number of urea groups is 1. The Balaban J connectivity index is 1.72. The molecule has 0 spiro atoms. The predicted octanol–water partition coefficient (Wildman–Crippen LogP) is 1.21. The van der Waals surface area contributed by atoms with Gasteiger partial charge in [0.05, 0.1) is 0 Å². The highest BCUT2D eigenvalue weighted by atomic mass is 16.5. The number of rotatable bonds is 5. The summed E-state index contributed by atoms with van der Waals surface area (Å²) >= 11 is 0. The fraction of sp³-hybridized carbons (Fsp3) is 0.500. The number of hydrogen-bond donors (Lipinski definition) is 2. The van der Waals surface area contributed by atoms with Crippen LogP contribution in [-0.4, -0.2) is 48.5 Å². The number of carbonyl (C=O) groups excluding carboxylic acids is 3. The van der Waals surface area contributed by atoms with Crippen LogP contribution in [0.1, 0.15) is 31.4 Å². The Hall–Kier alpha value is -2.41. The third-order valence-electron chi connectivity index (χ3n) is 4.71. The summed E-state index contributed by atoms with van der Waals surface area (Å²) in [5.41, 5.74) is 0.823. The van der Waals surface area contributed by atoms with Gasteiger partial charge in [-0.05, 0) is 25.3 Å². The zero-order valence-corrected chi connectivity index (χ0v) is 14.2. The molecule has 2 saturated heterocycles. The van der Waals surface area contributed by atoms with E-state index in [9.17, 15) is 14.4 Å². The van der Waals surface area contributed by atoms with E-state index in [1.54, 1.807) is 4.90 Å². The van der Waals surface area contributed by atoms with Crippen LogP contribution in [0.4, 0.5) is 4.79 Å². The van der Waals surface area contributed by atoms with E-state index >= 15 is 0 Å². The molecule has 0 aromatic heterocycles. The van der Waals surface area contributed by atoms with Gasteiger partial charge in [-0.15, -0.1) is 0 Å². The van der Waals surface area contributed by atoms with E-state index in [1.807, 2.05) is 37.3 Å². The van der Waals surface area contributed by atoms with Gasteiger partial charge in [0.25, 0.3) is 11.8 Å². The lowest BCUT2D eigenvalue weighted by Crippen LogP contribution is -2.49. The van der Waals surface area contributed by atoms with E-state index in [0.29, 0.717) is 19.7 Å². The average molecular weight is 345 g/mol. The molecular formula is C18H23N3O4. The van der Waals surface area contributed by atoms with Crippen molar-refractivity contribution in [2.75, 3.05) is 19.7 Å². The number of nitrogens with one attached hydrogen (secondary N) is 2. The number of carbonyl (C=O) groups is 3. The van der Waals surface area contributed by atoms with Crippen LogP contribution in [0.25, 0.3) is 0 Å². The lowest BCUT2D eigenvalue weighted by atomic mass is 9.90. The molecule has 0 bridgehead atoms. The van der Waals surface area contributed by atoms with Crippen molar-refractivity contribution in [3.63, 3.8) is 0 Å². The van der Waals surface area contributed by atoms with Gasteiger partial charge in [0.15, 0.2) is 6.10 Å². The van der Waals surface area contributed by atoms with Gasteiger partial charge >= 0.3 is 6.03 Å². The summed E-state index contributed by atoms with van der Waals surface area (Å²) in [6.07, 6.45) is 0.952. The molecule has 7 nitrogen and oxygen atoms in total. The van der Waals surface area contributed by atoms with Crippen molar-refractivity contribution in [3.05, 3.63) is 35.9 Å². The predicted molar refractivity (Wildman–Crippen MR) is 90.6 cm³/mol. The van der Waals surface area contributed by atoms with Crippen LogP contribution in [0.2, 0.25) is 0 Å². The van der Waals surface area contributed by atoms with Crippen molar-refractivity contribution >= 4 is 17.8 Å². The first-order valence-electron chi connectivity index (χ1n) is 8.67. The molecule has 134 valence electrons.